The Morgan fingerprint density at radius 3 is 1.50 bits per heavy atom. The van der Waals surface area contributed by atoms with E-state index < -0.39 is 98.2 Å². The summed E-state index contributed by atoms with van der Waals surface area (Å²) in [4.78, 5) is 11.4. The van der Waals surface area contributed by atoms with Crippen molar-refractivity contribution in [2.24, 2.45) is 0 Å². The molecule has 188 valence electrons. The summed E-state index contributed by atoms with van der Waals surface area (Å²) in [5.74, 6) is 0. The van der Waals surface area contributed by atoms with Gasteiger partial charge in [0.25, 0.3) is 0 Å². The minimum atomic E-state index is -3.52. The van der Waals surface area contributed by atoms with E-state index in [2.05, 4.69) is 0 Å². The molecule has 0 saturated carbocycles. The minimum absolute atomic E-state index is 0.341. The van der Waals surface area contributed by atoms with Crippen LogP contribution in [0.2, 0.25) is 0 Å². The number of ether oxygens (including phenoxy) is 2. The summed E-state index contributed by atoms with van der Waals surface area (Å²) in [6, 6.07) is 0. The van der Waals surface area contributed by atoms with Crippen LogP contribution >= 0.6 is 0 Å². The number of hydrogen-bond donors (Lipinski definition) is 12. The van der Waals surface area contributed by atoms with E-state index in [9.17, 15) is 66.1 Å². The summed E-state index contributed by atoms with van der Waals surface area (Å²) in [5.41, 5.74) is -6.90. The molecular weight excluding hydrogens is 444 g/mol. The number of aliphatic hydroxyl groups excluding tert-OH is 10. The lowest BCUT2D eigenvalue weighted by Gasteiger charge is -2.56. The number of carbonyl (C=O) groups excluding carboxylic acids is 1. The van der Waals surface area contributed by atoms with Crippen molar-refractivity contribution in [2.45, 2.75) is 78.3 Å². The minimum Gasteiger partial charge on any atom is -0.394 e. The Kier molecular flexibility index (Phi) is 8.69. The fourth-order valence-corrected chi connectivity index (χ4v) is 4.18. The van der Waals surface area contributed by atoms with E-state index in [1.807, 2.05) is 0 Å². The van der Waals surface area contributed by atoms with Crippen molar-refractivity contribution in [3.05, 3.63) is 0 Å². The molecule has 12 N–H and O–H groups in total. The Bertz CT molecular complexity index is 633. The number of carbonyl (C=O) groups is 1. The first-order valence-corrected chi connectivity index (χ1v) is 9.67. The molecule has 2 saturated heterocycles. The largest absolute Gasteiger partial charge is 0.394 e. The van der Waals surface area contributed by atoms with Crippen LogP contribution < -0.4 is 0 Å². The molecule has 2 aliphatic rings. The molecule has 0 aromatic heterocycles. The zero-order valence-corrected chi connectivity index (χ0v) is 16.6. The summed E-state index contributed by atoms with van der Waals surface area (Å²) in [5, 5.41) is 122. The first kappa shape index (κ1) is 27.4. The van der Waals surface area contributed by atoms with E-state index >= 15 is 0 Å². The maximum atomic E-state index is 11.4. The highest BCUT2D eigenvalue weighted by atomic mass is 16.6. The topological polar surface area (TPSA) is 278 Å². The maximum Gasteiger partial charge on any atom is 0.159 e. The van der Waals surface area contributed by atoms with Crippen LogP contribution in [0.25, 0.3) is 0 Å². The molecule has 13 atom stereocenters. The van der Waals surface area contributed by atoms with Gasteiger partial charge in [0.05, 0.1) is 19.8 Å². The third-order valence-electron chi connectivity index (χ3n) is 6.20. The van der Waals surface area contributed by atoms with E-state index in [0.717, 1.165) is 0 Å². The fraction of sp³-hybridized carbons (Fsp3) is 0.941. The number of aliphatic hydroxyl groups is 12. The predicted octanol–water partition coefficient (Wildman–Crippen LogP) is -8.31. The van der Waals surface area contributed by atoms with E-state index in [1.54, 1.807) is 0 Å². The molecule has 2 fully saturated rings. The van der Waals surface area contributed by atoms with Gasteiger partial charge < -0.3 is 75.5 Å². The fourth-order valence-electron chi connectivity index (χ4n) is 4.18. The SMILES string of the molecule is O=C[C@H](O)[C@](O)(C1O[C@H](CO)[C@H](O)[C@H](O)[C@H]1O)[C@](O)(CO)C1O[C@H](CO)[C@H](O)[C@H](O)[C@H]1O. The summed E-state index contributed by atoms with van der Waals surface area (Å²) in [6.45, 7) is -3.60. The molecule has 0 aromatic rings. The molecule has 2 unspecified atom stereocenters. The highest BCUT2D eigenvalue weighted by Crippen LogP contribution is 2.42. The lowest BCUT2D eigenvalue weighted by Crippen LogP contribution is -2.81. The van der Waals surface area contributed by atoms with Crippen LogP contribution in [0, 0.1) is 0 Å². The standard InChI is InChI=1S/C17H30O15/c18-1-5-8(23)10(25)12(27)14(31-5)16(29,4-21)17(30,7(22)3-20)15-13(28)11(26)9(24)6(2-19)32-15/h3,5-15,18-19,21-30H,1-2,4H2/t5-,6-,7+,8+,9+,10+,11+,12-,13-,14?,15?,16+,17+/m1/s1. The van der Waals surface area contributed by atoms with Crippen LogP contribution in [-0.2, 0) is 14.3 Å². The predicted molar refractivity (Wildman–Crippen MR) is 96.6 cm³/mol. The van der Waals surface area contributed by atoms with Crippen LogP contribution in [0.1, 0.15) is 0 Å². The molecule has 32 heavy (non-hydrogen) atoms. The van der Waals surface area contributed by atoms with Gasteiger partial charge in [-0.1, -0.05) is 0 Å². The number of rotatable bonds is 8. The third-order valence-corrected chi connectivity index (χ3v) is 6.20. The van der Waals surface area contributed by atoms with Gasteiger partial charge in [0, 0.05) is 0 Å². The first-order valence-electron chi connectivity index (χ1n) is 9.67. The molecular formula is C17H30O15. The van der Waals surface area contributed by atoms with Crippen molar-refractivity contribution in [2.75, 3.05) is 19.8 Å². The second-order valence-electron chi connectivity index (χ2n) is 7.99. The third kappa shape index (κ3) is 4.08. The maximum absolute atomic E-state index is 11.4. The summed E-state index contributed by atoms with van der Waals surface area (Å²) < 4.78 is 10.3. The summed E-state index contributed by atoms with van der Waals surface area (Å²) in [6.07, 6.45) is -23.8. The van der Waals surface area contributed by atoms with Crippen molar-refractivity contribution in [3.63, 3.8) is 0 Å². The molecule has 2 rings (SSSR count). The van der Waals surface area contributed by atoms with Gasteiger partial charge in [0.15, 0.2) is 17.5 Å². The van der Waals surface area contributed by atoms with Crippen LogP contribution in [0.15, 0.2) is 0 Å². The zero-order chi connectivity index (χ0) is 24.6. The molecule has 2 aliphatic heterocycles. The zero-order valence-electron chi connectivity index (χ0n) is 16.6. The molecule has 0 spiro atoms. The molecule has 0 amide bonds. The van der Waals surface area contributed by atoms with Gasteiger partial charge in [-0.15, -0.1) is 0 Å². The van der Waals surface area contributed by atoms with E-state index in [-0.39, 0.29) is 6.29 Å². The van der Waals surface area contributed by atoms with Gasteiger partial charge in [-0.3, -0.25) is 0 Å². The highest BCUT2D eigenvalue weighted by molar-refractivity contribution is 5.59. The van der Waals surface area contributed by atoms with Gasteiger partial charge in [-0.2, -0.15) is 0 Å². The van der Waals surface area contributed by atoms with Gasteiger partial charge in [0.2, 0.25) is 0 Å². The molecule has 0 aromatic carbocycles. The van der Waals surface area contributed by atoms with E-state index in [1.165, 1.54) is 0 Å². The van der Waals surface area contributed by atoms with Gasteiger partial charge >= 0.3 is 0 Å². The lowest BCUT2D eigenvalue weighted by molar-refractivity contribution is -0.358. The summed E-state index contributed by atoms with van der Waals surface area (Å²) >= 11 is 0. The van der Waals surface area contributed by atoms with Crippen molar-refractivity contribution in [1.29, 1.82) is 0 Å². The molecule has 0 aliphatic carbocycles. The Labute approximate surface area is 180 Å². The van der Waals surface area contributed by atoms with Gasteiger partial charge in [-0.05, 0) is 0 Å². The van der Waals surface area contributed by atoms with Crippen LogP contribution in [-0.4, -0.2) is 166 Å². The second kappa shape index (κ2) is 10.2. The van der Waals surface area contributed by atoms with Gasteiger partial charge in [-0.25, -0.2) is 0 Å². The highest BCUT2D eigenvalue weighted by Gasteiger charge is 2.69. The van der Waals surface area contributed by atoms with Gasteiger partial charge in [0.1, 0.15) is 67.1 Å². The second-order valence-corrected chi connectivity index (χ2v) is 7.99. The number of aldehydes is 1. The van der Waals surface area contributed by atoms with Crippen molar-refractivity contribution >= 4 is 6.29 Å². The van der Waals surface area contributed by atoms with Crippen LogP contribution in [0.5, 0.6) is 0 Å². The lowest BCUT2D eigenvalue weighted by atomic mass is 9.66. The number of hydrogen-bond acceptors (Lipinski definition) is 15. The van der Waals surface area contributed by atoms with Crippen molar-refractivity contribution in [3.8, 4) is 0 Å². The Morgan fingerprint density at radius 1 is 0.719 bits per heavy atom. The quantitative estimate of drug-likeness (QED) is 0.145. The Hall–Kier alpha value is -0.890. The molecule has 15 nitrogen and oxygen atoms in total. The first-order chi connectivity index (χ1) is 14.9. The monoisotopic (exact) mass is 474 g/mol. The normalized spacial score (nSPS) is 45.5. The molecule has 0 bridgehead atoms. The van der Waals surface area contributed by atoms with Crippen LogP contribution in [0.3, 0.4) is 0 Å². The molecule has 0 radical (unpaired) electrons. The Morgan fingerprint density at radius 2 is 1.12 bits per heavy atom. The van der Waals surface area contributed by atoms with Crippen LogP contribution in [0.4, 0.5) is 0 Å². The Balaban J connectivity index is 2.63. The van der Waals surface area contributed by atoms with E-state index in [4.69, 9.17) is 9.47 Å². The summed E-state index contributed by atoms with van der Waals surface area (Å²) in [7, 11) is 0. The van der Waals surface area contributed by atoms with Crippen molar-refractivity contribution < 1.29 is 75.5 Å². The average molecular weight is 474 g/mol. The van der Waals surface area contributed by atoms with E-state index in [0.29, 0.717) is 0 Å². The van der Waals surface area contributed by atoms with Crippen molar-refractivity contribution in [1.82, 2.24) is 0 Å². The smallest absolute Gasteiger partial charge is 0.159 e. The average Bonchev–Trinajstić information content (AvgIpc) is 2.79. The molecule has 15 heteroatoms. The molecule has 2 heterocycles.